The molecule has 1 amide bonds. The van der Waals surface area contributed by atoms with Gasteiger partial charge in [0.1, 0.15) is 18.1 Å². The molecule has 0 fully saturated rings. The van der Waals surface area contributed by atoms with Crippen molar-refractivity contribution in [3.05, 3.63) is 41.1 Å². The summed E-state index contributed by atoms with van der Waals surface area (Å²) in [7, 11) is 0. The van der Waals surface area contributed by atoms with Gasteiger partial charge in [-0.25, -0.2) is 4.68 Å². The smallest absolute Gasteiger partial charge is 0.387 e. The Bertz CT molecular complexity index is 866. The third-order valence-electron chi connectivity index (χ3n) is 4.24. The van der Waals surface area contributed by atoms with E-state index in [1.807, 2.05) is 0 Å². The Morgan fingerprint density at radius 1 is 1.44 bits per heavy atom. The number of amides is 1. The number of carbonyl (C=O) groups excluding carboxylic acids is 2. The molecule has 9 heteroatoms. The highest BCUT2D eigenvalue weighted by Crippen LogP contribution is 2.40. The molecule has 3 rings (SSSR count). The molecule has 1 unspecified atom stereocenters. The Kier molecular flexibility index (Phi) is 5.38. The van der Waals surface area contributed by atoms with Crippen molar-refractivity contribution in [3.63, 3.8) is 0 Å². The van der Waals surface area contributed by atoms with Crippen LogP contribution in [0, 0.1) is 6.92 Å². The summed E-state index contributed by atoms with van der Waals surface area (Å²) in [6.07, 6.45) is 0.136. The van der Waals surface area contributed by atoms with E-state index in [1.54, 1.807) is 26.0 Å². The molecule has 1 aliphatic rings. The first-order valence-corrected chi connectivity index (χ1v) is 8.46. The average Bonchev–Trinajstić information content (AvgIpc) is 2.89. The Balaban J connectivity index is 1.98. The number of nitrogens with zero attached hydrogens (tertiary/aromatic N) is 2. The van der Waals surface area contributed by atoms with Crippen molar-refractivity contribution >= 4 is 17.7 Å². The van der Waals surface area contributed by atoms with Gasteiger partial charge >= 0.3 is 12.6 Å². The molecule has 0 saturated carbocycles. The first kappa shape index (κ1) is 18.8. The van der Waals surface area contributed by atoms with Crippen LogP contribution >= 0.6 is 0 Å². The van der Waals surface area contributed by atoms with Gasteiger partial charge in [0.25, 0.3) is 0 Å². The minimum Gasteiger partial charge on any atom is -0.465 e. The maximum atomic E-state index is 12.5. The van der Waals surface area contributed by atoms with E-state index in [0.29, 0.717) is 17.1 Å². The summed E-state index contributed by atoms with van der Waals surface area (Å²) >= 11 is 0. The van der Waals surface area contributed by atoms with Crippen LogP contribution in [0.4, 0.5) is 14.6 Å². The van der Waals surface area contributed by atoms with Crippen LogP contribution in [0.5, 0.6) is 5.75 Å². The molecule has 27 heavy (non-hydrogen) atoms. The molecule has 0 bridgehead atoms. The van der Waals surface area contributed by atoms with E-state index in [-0.39, 0.29) is 37.1 Å². The largest absolute Gasteiger partial charge is 0.465 e. The van der Waals surface area contributed by atoms with Gasteiger partial charge in [-0.15, -0.1) is 0 Å². The molecule has 7 nitrogen and oxygen atoms in total. The van der Waals surface area contributed by atoms with E-state index in [4.69, 9.17) is 4.74 Å². The summed E-state index contributed by atoms with van der Waals surface area (Å²) in [5.74, 6) is -0.663. The fourth-order valence-corrected chi connectivity index (χ4v) is 3.25. The zero-order valence-electron chi connectivity index (χ0n) is 14.9. The number of carbonyl (C=O) groups is 2. The number of hydrogen-bond acceptors (Lipinski definition) is 5. The molecular weight excluding hydrogens is 360 g/mol. The third-order valence-corrected chi connectivity index (χ3v) is 4.24. The van der Waals surface area contributed by atoms with Gasteiger partial charge in [-0.1, -0.05) is 12.1 Å². The molecule has 0 saturated heterocycles. The van der Waals surface area contributed by atoms with Crippen molar-refractivity contribution in [2.24, 2.45) is 0 Å². The van der Waals surface area contributed by atoms with Gasteiger partial charge in [0, 0.05) is 17.9 Å². The quantitative estimate of drug-likeness (QED) is 0.781. The Labute approximate surface area is 154 Å². The topological polar surface area (TPSA) is 82.5 Å². The first-order chi connectivity index (χ1) is 12.9. The lowest BCUT2D eigenvalue weighted by molar-refractivity contribution is -0.144. The summed E-state index contributed by atoms with van der Waals surface area (Å²) < 4.78 is 35.8. The molecule has 0 spiro atoms. The van der Waals surface area contributed by atoms with Gasteiger partial charge in [0.05, 0.1) is 12.3 Å². The minimum atomic E-state index is -2.93. The van der Waals surface area contributed by atoms with E-state index in [2.05, 4.69) is 15.2 Å². The summed E-state index contributed by atoms with van der Waals surface area (Å²) in [6.45, 7) is 0.650. The monoisotopic (exact) mass is 379 g/mol. The molecule has 0 radical (unpaired) electrons. The van der Waals surface area contributed by atoms with E-state index in [0.717, 1.165) is 5.56 Å². The van der Waals surface area contributed by atoms with E-state index in [9.17, 15) is 18.4 Å². The maximum absolute atomic E-state index is 12.5. The van der Waals surface area contributed by atoms with Crippen molar-refractivity contribution < 1.29 is 27.8 Å². The number of ether oxygens (including phenoxy) is 2. The van der Waals surface area contributed by atoms with Gasteiger partial charge in [-0.05, 0) is 31.5 Å². The zero-order chi connectivity index (χ0) is 19.6. The number of nitrogens with one attached hydrogen (secondary N) is 1. The second-order valence-electron chi connectivity index (χ2n) is 6.07. The predicted molar refractivity (Wildman–Crippen MR) is 91.8 cm³/mol. The molecular formula is C18H19F2N3O4. The second-order valence-corrected chi connectivity index (χ2v) is 6.07. The van der Waals surface area contributed by atoms with Crippen LogP contribution in [0.2, 0.25) is 0 Å². The van der Waals surface area contributed by atoms with Crippen molar-refractivity contribution in [1.82, 2.24) is 9.78 Å². The highest BCUT2D eigenvalue weighted by atomic mass is 19.3. The number of halogens is 2. The van der Waals surface area contributed by atoms with Gasteiger partial charge in [0.15, 0.2) is 0 Å². The van der Waals surface area contributed by atoms with Crippen LogP contribution in [0.1, 0.15) is 36.1 Å². The number of esters is 1. The molecule has 1 aliphatic heterocycles. The van der Waals surface area contributed by atoms with Crippen LogP contribution < -0.4 is 10.1 Å². The maximum Gasteiger partial charge on any atom is 0.387 e. The average molecular weight is 379 g/mol. The molecule has 1 aromatic heterocycles. The molecule has 1 N–H and O–H groups in total. The Morgan fingerprint density at radius 2 is 2.22 bits per heavy atom. The van der Waals surface area contributed by atoms with Crippen LogP contribution in [0.15, 0.2) is 24.3 Å². The number of alkyl halides is 2. The molecule has 2 aromatic rings. The fourth-order valence-electron chi connectivity index (χ4n) is 3.25. The highest BCUT2D eigenvalue weighted by molar-refractivity contribution is 5.95. The first-order valence-electron chi connectivity index (χ1n) is 8.46. The van der Waals surface area contributed by atoms with E-state index in [1.165, 1.54) is 16.8 Å². The number of rotatable bonds is 6. The molecule has 2 heterocycles. The van der Waals surface area contributed by atoms with Crippen LogP contribution in [0.25, 0.3) is 0 Å². The molecule has 1 aromatic carbocycles. The summed E-state index contributed by atoms with van der Waals surface area (Å²) in [4.78, 5) is 24.0. The molecule has 1 atom stereocenters. The number of anilines is 1. The summed E-state index contributed by atoms with van der Waals surface area (Å²) in [5, 5.41) is 7.09. The fraction of sp³-hybridized carbons (Fsp3) is 0.389. The van der Waals surface area contributed by atoms with Crippen LogP contribution in [-0.2, 0) is 20.9 Å². The van der Waals surface area contributed by atoms with Crippen molar-refractivity contribution in [3.8, 4) is 5.75 Å². The lowest BCUT2D eigenvalue weighted by Gasteiger charge is -2.24. The summed E-state index contributed by atoms with van der Waals surface area (Å²) in [6, 6.07) is 6.25. The van der Waals surface area contributed by atoms with Crippen LogP contribution in [0.3, 0.4) is 0 Å². The lowest BCUT2D eigenvalue weighted by Crippen LogP contribution is -2.26. The second kappa shape index (κ2) is 7.73. The number of hydrogen-bond donors (Lipinski definition) is 1. The van der Waals surface area contributed by atoms with E-state index < -0.39 is 12.6 Å². The number of aryl methyl sites for hydroxylation is 1. The normalized spacial score (nSPS) is 16.0. The van der Waals surface area contributed by atoms with E-state index >= 15 is 0 Å². The highest BCUT2D eigenvalue weighted by Gasteiger charge is 2.33. The Hall–Kier alpha value is -2.97. The van der Waals surface area contributed by atoms with Gasteiger partial charge < -0.3 is 14.8 Å². The van der Waals surface area contributed by atoms with Gasteiger partial charge in [0.2, 0.25) is 5.91 Å². The van der Waals surface area contributed by atoms with Crippen molar-refractivity contribution in [2.75, 3.05) is 11.9 Å². The third kappa shape index (κ3) is 4.07. The number of fused-ring (bicyclic) bond motifs is 1. The summed E-state index contributed by atoms with van der Waals surface area (Å²) in [5.41, 5.74) is 2.04. The standard InChI is InChI=1S/C18H19F2N3O4/c1-3-26-15(25)9-23-17-16(10(2)22-23)13(8-14(24)21-17)11-5-4-6-12(7-11)27-18(19)20/h4-7,13,18H,3,8-9H2,1-2H3,(H,21,24). The number of aromatic nitrogens is 2. The van der Waals surface area contributed by atoms with Crippen molar-refractivity contribution in [1.29, 1.82) is 0 Å². The number of benzene rings is 1. The van der Waals surface area contributed by atoms with Gasteiger partial charge in [-0.3, -0.25) is 9.59 Å². The SMILES string of the molecule is CCOC(=O)Cn1nc(C)c2c1NC(=O)CC2c1cccc(OC(F)F)c1. The molecule has 0 aliphatic carbocycles. The van der Waals surface area contributed by atoms with Crippen molar-refractivity contribution in [2.45, 2.75) is 39.3 Å². The lowest BCUT2D eigenvalue weighted by atomic mass is 9.86. The predicted octanol–water partition coefficient (Wildman–Crippen LogP) is 2.83. The zero-order valence-corrected chi connectivity index (χ0v) is 14.9. The minimum absolute atomic E-state index is 0.0200. The van der Waals surface area contributed by atoms with Gasteiger partial charge in [-0.2, -0.15) is 13.9 Å². The molecule has 144 valence electrons. The van der Waals surface area contributed by atoms with Crippen LogP contribution in [-0.4, -0.2) is 34.9 Å². The Morgan fingerprint density at radius 3 is 2.93 bits per heavy atom.